The molecule has 1 aliphatic heterocycles. The van der Waals surface area contributed by atoms with Crippen LogP contribution in [0.5, 0.6) is 0 Å². The number of para-hydroxylation sites is 1. The van der Waals surface area contributed by atoms with Crippen molar-refractivity contribution >= 4 is 39.3 Å². The third-order valence-electron chi connectivity index (χ3n) is 3.35. The highest BCUT2D eigenvalue weighted by atomic mass is 79.9. The van der Waals surface area contributed by atoms with E-state index < -0.39 is 5.82 Å². The molecule has 0 saturated heterocycles. The summed E-state index contributed by atoms with van der Waals surface area (Å²) >= 11 is 4.95. The Labute approximate surface area is 135 Å². The molecule has 1 aliphatic rings. The van der Waals surface area contributed by atoms with Crippen LogP contribution in [0, 0.1) is 5.82 Å². The molecule has 0 saturated carbocycles. The molecule has 0 bridgehead atoms. The third kappa shape index (κ3) is 2.99. The van der Waals surface area contributed by atoms with Gasteiger partial charge >= 0.3 is 0 Å². The molecule has 1 heterocycles. The van der Waals surface area contributed by atoms with Crippen LogP contribution in [-0.2, 0) is 0 Å². The van der Waals surface area contributed by atoms with E-state index in [1.807, 2.05) is 24.3 Å². The lowest BCUT2D eigenvalue weighted by Gasteiger charge is -2.22. The Kier molecular flexibility index (Phi) is 4.31. The molecular formula is C16H13BrFNOS. The number of fused-ring (bicyclic) bond motifs is 1. The number of hydrogen-bond donors (Lipinski definition) is 0. The van der Waals surface area contributed by atoms with Gasteiger partial charge in [0.2, 0.25) is 0 Å². The number of carbonyl (C=O) groups excluding carboxylic acids is 1. The number of hydrogen-bond acceptors (Lipinski definition) is 2. The number of rotatable bonds is 1. The molecule has 1 amide bonds. The molecule has 2 nitrogen and oxygen atoms in total. The highest BCUT2D eigenvalue weighted by Crippen LogP contribution is 2.34. The van der Waals surface area contributed by atoms with Crippen molar-refractivity contribution in [1.82, 2.24) is 0 Å². The molecule has 0 aromatic heterocycles. The predicted molar refractivity (Wildman–Crippen MR) is 87.6 cm³/mol. The molecular weight excluding hydrogens is 353 g/mol. The van der Waals surface area contributed by atoms with Crippen molar-refractivity contribution in [3.8, 4) is 0 Å². The van der Waals surface area contributed by atoms with E-state index in [-0.39, 0.29) is 11.5 Å². The molecule has 21 heavy (non-hydrogen) atoms. The van der Waals surface area contributed by atoms with Gasteiger partial charge in [0.25, 0.3) is 5.91 Å². The zero-order valence-corrected chi connectivity index (χ0v) is 13.6. The SMILES string of the molecule is O=C(c1ccc(Br)cc1F)N1CCCSc2ccccc21. The zero-order chi connectivity index (χ0) is 14.8. The van der Waals surface area contributed by atoms with Gasteiger partial charge in [-0.2, -0.15) is 0 Å². The summed E-state index contributed by atoms with van der Waals surface area (Å²) in [5.74, 6) is 0.183. The monoisotopic (exact) mass is 365 g/mol. The quantitative estimate of drug-likeness (QED) is 0.727. The van der Waals surface area contributed by atoms with Gasteiger partial charge in [0.15, 0.2) is 0 Å². The average molecular weight is 366 g/mol. The highest BCUT2D eigenvalue weighted by Gasteiger charge is 2.24. The molecule has 2 aromatic rings. The standard InChI is InChI=1S/C16H13BrFNOS/c17-11-6-7-12(13(18)10-11)16(20)19-8-3-9-21-15-5-2-1-4-14(15)19/h1-2,4-7,10H,3,8-9H2. The summed E-state index contributed by atoms with van der Waals surface area (Å²) in [4.78, 5) is 15.5. The second-order valence-corrected chi connectivity index (χ2v) is 6.80. The molecule has 0 unspecified atom stereocenters. The third-order valence-corrected chi connectivity index (χ3v) is 4.99. The molecule has 3 rings (SSSR count). The molecule has 0 spiro atoms. The Hall–Kier alpha value is -1.33. The largest absolute Gasteiger partial charge is 0.307 e. The molecule has 0 fully saturated rings. The predicted octanol–water partition coefficient (Wildman–Crippen LogP) is 4.73. The maximum absolute atomic E-state index is 14.1. The van der Waals surface area contributed by atoms with E-state index in [2.05, 4.69) is 15.9 Å². The van der Waals surface area contributed by atoms with Crippen LogP contribution in [0.1, 0.15) is 16.8 Å². The zero-order valence-electron chi connectivity index (χ0n) is 11.2. The first kappa shape index (κ1) is 14.6. The van der Waals surface area contributed by atoms with Gasteiger partial charge in [-0.25, -0.2) is 4.39 Å². The van der Waals surface area contributed by atoms with Crippen LogP contribution < -0.4 is 4.90 Å². The lowest BCUT2D eigenvalue weighted by molar-refractivity contribution is 0.0983. The van der Waals surface area contributed by atoms with E-state index in [9.17, 15) is 9.18 Å². The summed E-state index contributed by atoms with van der Waals surface area (Å²) in [5.41, 5.74) is 0.979. The lowest BCUT2D eigenvalue weighted by atomic mass is 10.1. The summed E-state index contributed by atoms with van der Waals surface area (Å²) in [6.07, 6.45) is 0.892. The number of anilines is 1. The van der Waals surface area contributed by atoms with E-state index in [0.29, 0.717) is 11.0 Å². The second-order valence-electron chi connectivity index (χ2n) is 4.75. The van der Waals surface area contributed by atoms with Crippen molar-refractivity contribution in [2.75, 3.05) is 17.2 Å². The molecule has 0 aliphatic carbocycles. The van der Waals surface area contributed by atoms with Crippen LogP contribution in [0.25, 0.3) is 0 Å². The van der Waals surface area contributed by atoms with E-state index in [4.69, 9.17) is 0 Å². The summed E-state index contributed by atoms with van der Waals surface area (Å²) in [6.45, 7) is 0.609. The normalized spacial score (nSPS) is 14.5. The van der Waals surface area contributed by atoms with Gasteiger partial charge in [-0.3, -0.25) is 4.79 Å². The van der Waals surface area contributed by atoms with Gasteiger partial charge in [0.1, 0.15) is 5.82 Å². The number of amides is 1. The van der Waals surface area contributed by atoms with Gasteiger partial charge in [-0.1, -0.05) is 28.1 Å². The lowest BCUT2D eigenvalue weighted by Crippen LogP contribution is -2.32. The first-order valence-electron chi connectivity index (χ1n) is 6.65. The van der Waals surface area contributed by atoms with Gasteiger partial charge in [0, 0.05) is 15.9 Å². The maximum atomic E-state index is 14.1. The summed E-state index contributed by atoms with van der Waals surface area (Å²) in [6, 6.07) is 12.3. The fourth-order valence-electron chi connectivity index (χ4n) is 2.35. The number of thioether (sulfide) groups is 1. The van der Waals surface area contributed by atoms with E-state index in [1.54, 1.807) is 22.7 Å². The number of nitrogens with zero attached hydrogens (tertiary/aromatic N) is 1. The minimum atomic E-state index is -0.497. The van der Waals surface area contributed by atoms with Crippen molar-refractivity contribution in [1.29, 1.82) is 0 Å². The highest BCUT2D eigenvalue weighted by molar-refractivity contribution is 9.10. The maximum Gasteiger partial charge on any atom is 0.261 e. The van der Waals surface area contributed by atoms with Crippen LogP contribution in [0.3, 0.4) is 0 Å². The Bertz CT molecular complexity index is 692. The molecule has 5 heteroatoms. The van der Waals surface area contributed by atoms with Gasteiger partial charge in [-0.15, -0.1) is 11.8 Å². The molecule has 0 radical (unpaired) electrons. The summed E-state index contributed by atoms with van der Waals surface area (Å²) in [7, 11) is 0. The fourth-order valence-corrected chi connectivity index (χ4v) is 3.67. The molecule has 0 atom stereocenters. The van der Waals surface area contributed by atoms with Gasteiger partial charge in [0.05, 0.1) is 11.3 Å². The van der Waals surface area contributed by atoms with E-state index in [0.717, 1.165) is 22.8 Å². The van der Waals surface area contributed by atoms with Gasteiger partial charge in [-0.05, 0) is 42.5 Å². The fraction of sp³-hybridized carbons (Fsp3) is 0.188. The second kappa shape index (κ2) is 6.20. The van der Waals surface area contributed by atoms with Gasteiger partial charge < -0.3 is 4.90 Å². The topological polar surface area (TPSA) is 20.3 Å². The minimum absolute atomic E-state index is 0.111. The van der Waals surface area contributed by atoms with Crippen LogP contribution in [0.15, 0.2) is 51.8 Å². The van der Waals surface area contributed by atoms with E-state index >= 15 is 0 Å². The molecule has 2 aromatic carbocycles. The average Bonchev–Trinajstić information content (AvgIpc) is 2.69. The Morgan fingerprint density at radius 3 is 2.86 bits per heavy atom. The Balaban J connectivity index is 2.01. The number of carbonyl (C=O) groups is 1. The Morgan fingerprint density at radius 1 is 1.24 bits per heavy atom. The van der Waals surface area contributed by atoms with E-state index in [1.165, 1.54) is 12.1 Å². The van der Waals surface area contributed by atoms with Crippen molar-refractivity contribution < 1.29 is 9.18 Å². The first-order valence-corrected chi connectivity index (χ1v) is 8.43. The molecule has 108 valence electrons. The first-order chi connectivity index (χ1) is 10.2. The van der Waals surface area contributed by atoms with Crippen LogP contribution in [-0.4, -0.2) is 18.2 Å². The van der Waals surface area contributed by atoms with Crippen LogP contribution >= 0.6 is 27.7 Å². The van der Waals surface area contributed by atoms with Crippen molar-refractivity contribution in [2.45, 2.75) is 11.3 Å². The van der Waals surface area contributed by atoms with Crippen LogP contribution in [0.4, 0.5) is 10.1 Å². The Morgan fingerprint density at radius 2 is 2.05 bits per heavy atom. The van der Waals surface area contributed by atoms with Crippen molar-refractivity contribution in [3.63, 3.8) is 0 Å². The summed E-state index contributed by atoms with van der Waals surface area (Å²) in [5, 5.41) is 0. The number of halogens is 2. The van der Waals surface area contributed by atoms with Crippen molar-refractivity contribution in [2.24, 2.45) is 0 Å². The summed E-state index contributed by atoms with van der Waals surface area (Å²) < 4.78 is 14.7. The van der Waals surface area contributed by atoms with Crippen molar-refractivity contribution in [3.05, 3.63) is 58.3 Å². The molecule has 0 N–H and O–H groups in total. The van der Waals surface area contributed by atoms with Crippen LogP contribution in [0.2, 0.25) is 0 Å². The number of benzene rings is 2. The minimum Gasteiger partial charge on any atom is -0.307 e. The smallest absolute Gasteiger partial charge is 0.261 e.